The van der Waals surface area contributed by atoms with Crippen LogP contribution in [-0.2, 0) is 14.6 Å². The predicted molar refractivity (Wildman–Crippen MR) is 106 cm³/mol. The number of hydrogen-bond acceptors (Lipinski definition) is 8. The molecule has 2 atom stereocenters. The number of aromatic nitrogens is 2. The van der Waals surface area contributed by atoms with E-state index in [2.05, 4.69) is 10.1 Å². The van der Waals surface area contributed by atoms with Crippen LogP contribution in [0.5, 0.6) is 0 Å². The normalized spacial score (nSPS) is 16.8. The highest BCUT2D eigenvalue weighted by molar-refractivity contribution is 7.90. The van der Waals surface area contributed by atoms with Crippen molar-refractivity contribution in [3.8, 4) is 11.4 Å². The zero-order valence-corrected chi connectivity index (χ0v) is 17.5. The predicted octanol–water partition coefficient (Wildman–Crippen LogP) is 1.21. The molecule has 1 fully saturated rings. The number of hydrogen-bond donors (Lipinski definition) is 2. The molecule has 0 spiro atoms. The van der Waals surface area contributed by atoms with Crippen molar-refractivity contribution in [2.24, 2.45) is 5.73 Å². The summed E-state index contributed by atoms with van der Waals surface area (Å²) in [6.45, 7) is 1.12. The number of aliphatic hydroxyl groups excluding tert-OH is 1. The van der Waals surface area contributed by atoms with E-state index in [0.29, 0.717) is 18.7 Å². The SMILES string of the molecule is CS(=O)(=O)c1ccc(-c2noc([C@@H](CCO)[C@H](N)C(=O)N3CCCC3)n2)c(Cl)c1. The van der Waals surface area contributed by atoms with Crippen molar-refractivity contribution in [2.75, 3.05) is 26.0 Å². The van der Waals surface area contributed by atoms with Crippen LogP contribution in [0, 0.1) is 0 Å². The number of carbonyl (C=O) groups is 1. The number of nitrogens with two attached hydrogens (primary N) is 1. The van der Waals surface area contributed by atoms with Crippen molar-refractivity contribution in [1.82, 2.24) is 15.0 Å². The Morgan fingerprint density at radius 2 is 2.07 bits per heavy atom. The van der Waals surface area contributed by atoms with E-state index in [9.17, 15) is 18.3 Å². The first-order valence-electron chi connectivity index (χ1n) is 9.21. The van der Waals surface area contributed by atoms with Gasteiger partial charge < -0.3 is 20.3 Å². The lowest BCUT2D eigenvalue weighted by Gasteiger charge is -2.24. The van der Waals surface area contributed by atoms with E-state index in [4.69, 9.17) is 21.9 Å². The van der Waals surface area contributed by atoms with Crippen molar-refractivity contribution in [3.63, 3.8) is 0 Å². The van der Waals surface area contributed by atoms with Gasteiger partial charge in [0.2, 0.25) is 17.6 Å². The van der Waals surface area contributed by atoms with Crippen LogP contribution in [-0.4, -0.2) is 66.5 Å². The lowest BCUT2D eigenvalue weighted by Crippen LogP contribution is -2.46. The van der Waals surface area contributed by atoms with Crippen molar-refractivity contribution < 1.29 is 22.8 Å². The smallest absolute Gasteiger partial charge is 0.240 e. The number of rotatable bonds is 7. The molecule has 3 N–H and O–H groups in total. The van der Waals surface area contributed by atoms with Gasteiger partial charge in [-0.2, -0.15) is 4.98 Å². The first-order valence-corrected chi connectivity index (χ1v) is 11.5. The molecule has 158 valence electrons. The van der Waals surface area contributed by atoms with Gasteiger partial charge in [0.15, 0.2) is 9.84 Å². The van der Waals surface area contributed by atoms with E-state index in [0.717, 1.165) is 19.1 Å². The molecule has 1 aliphatic heterocycles. The Bertz CT molecular complexity index is 988. The summed E-state index contributed by atoms with van der Waals surface area (Å²) >= 11 is 6.21. The zero-order chi connectivity index (χ0) is 21.2. The molecule has 2 heterocycles. The fraction of sp³-hybridized carbons (Fsp3) is 0.500. The highest BCUT2D eigenvalue weighted by Gasteiger charge is 2.34. The molecule has 3 rings (SSSR count). The minimum atomic E-state index is -3.40. The maximum Gasteiger partial charge on any atom is 0.240 e. The minimum absolute atomic E-state index is 0.0753. The van der Waals surface area contributed by atoms with Crippen LogP contribution in [0.3, 0.4) is 0 Å². The Labute approximate surface area is 173 Å². The van der Waals surface area contributed by atoms with E-state index in [1.807, 2.05) is 0 Å². The molecular formula is C18H23ClN4O5S. The molecule has 1 aliphatic rings. The molecule has 0 bridgehead atoms. The first kappa shape index (κ1) is 21.7. The molecule has 0 aliphatic carbocycles. The molecule has 1 amide bonds. The largest absolute Gasteiger partial charge is 0.396 e. The van der Waals surface area contributed by atoms with Gasteiger partial charge in [0.25, 0.3) is 0 Å². The van der Waals surface area contributed by atoms with Gasteiger partial charge >= 0.3 is 0 Å². The van der Waals surface area contributed by atoms with E-state index >= 15 is 0 Å². The van der Waals surface area contributed by atoms with Gasteiger partial charge in [-0.15, -0.1) is 0 Å². The van der Waals surface area contributed by atoms with Gasteiger partial charge in [0, 0.05) is 31.5 Å². The lowest BCUT2D eigenvalue weighted by molar-refractivity contribution is -0.132. The molecule has 1 aromatic heterocycles. The van der Waals surface area contributed by atoms with Crippen LogP contribution < -0.4 is 5.73 Å². The van der Waals surface area contributed by atoms with Crippen LogP contribution in [0.2, 0.25) is 5.02 Å². The number of aliphatic hydroxyl groups is 1. The summed E-state index contributed by atoms with van der Waals surface area (Å²) < 4.78 is 28.6. The second kappa shape index (κ2) is 8.78. The third-order valence-corrected chi connectivity index (χ3v) is 6.37. The second-order valence-electron chi connectivity index (χ2n) is 7.05. The molecule has 0 unspecified atom stereocenters. The molecule has 0 saturated carbocycles. The first-order chi connectivity index (χ1) is 13.7. The number of sulfone groups is 1. The van der Waals surface area contributed by atoms with Crippen LogP contribution in [0.25, 0.3) is 11.4 Å². The Morgan fingerprint density at radius 1 is 1.38 bits per heavy atom. The Morgan fingerprint density at radius 3 is 2.66 bits per heavy atom. The van der Waals surface area contributed by atoms with Gasteiger partial charge in [-0.25, -0.2) is 8.42 Å². The van der Waals surface area contributed by atoms with Crippen molar-refractivity contribution in [3.05, 3.63) is 29.1 Å². The molecule has 0 radical (unpaired) electrons. The monoisotopic (exact) mass is 442 g/mol. The van der Waals surface area contributed by atoms with Gasteiger partial charge in [-0.05, 0) is 37.5 Å². The Balaban J connectivity index is 1.87. The summed E-state index contributed by atoms with van der Waals surface area (Å²) in [6, 6.07) is 3.29. The zero-order valence-electron chi connectivity index (χ0n) is 15.9. The summed E-state index contributed by atoms with van der Waals surface area (Å²) in [5.41, 5.74) is 6.57. The van der Waals surface area contributed by atoms with Gasteiger partial charge in [-0.3, -0.25) is 4.79 Å². The second-order valence-corrected chi connectivity index (χ2v) is 9.47. The summed E-state index contributed by atoms with van der Waals surface area (Å²) in [7, 11) is -3.40. The van der Waals surface area contributed by atoms with Gasteiger partial charge in [0.05, 0.1) is 21.9 Å². The van der Waals surface area contributed by atoms with Crippen LogP contribution in [0.4, 0.5) is 0 Å². The standard InChI is InChI=1S/C18H23ClN4O5S/c1-29(26,27)11-4-5-12(14(19)10-11)16-21-17(28-22-16)13(6-9-24)15(20)18(25)23-7-2-3-8-23/h4-5,10,13,15,24H,2-3,6-9,20H2,1H3/t13-,15-/m0/s1. The highest BCUT2D eigenvalue weighted by atomic mass is 35.5. The minimum Gasteiger partial charge on any atom is -0.396 e. The Kier molecular flexibility index (Phi) is 6.57. The van der Waals surface area contributed by atoms with E-state index < -0.39 is 21.8 Å². The highest BCUT2D eigenvalue weighted by Crippen LogP contribution is 2.31. The van der Waals surface area contributed by atoms with Crippen molar-refractivity contribution in [2.45, 2.75) is 36.1 Å². The van der Waals surface area contributed by atoms with E-state index in [1.165, 1.54) is 18.2 Å². The number of halogens is 1. The summed E-state index contributed by atoms with van der Waals surface area (Å²) in [5.74, 6) is -0.592. The fourth-order valence-electron chi connectivity index (χ4n) is 3.32. The molecule has 2 aromatic rings. The van der Waals surface area contributed by atoms with E-state index in [1.54, 1.807) is 4.90 Å². The number of benzene rings is 1. The number of carbonyl (C=O) groups excluding carboxylic acids is 1. The maximum absolute atomic E-state index is 12.6. The average molecular weight is 443 g/mol. The van der Waals surface area contributed by atoms with Crippen molar-refractivity contribution in [1.29, 1.82) is 0 Å². The molecule has 29 heavy (non-hydrogen) atoms. The third kappa shape index (κ3) is 4.77. The molecule has 1 aromatic carbocycles. The van der Waals surface area contributed by atoms with Crippen LogP contribution >= 0.6 is 11.6 Å². The number of nitrogens with zero attached hydrogens (tertiary/aromatic N) is 3. The molecular weight excluding hydrogens is 420 g/mol. The topological polar surface area (TPSA) is 140 Å². The maximum atomic E-state index is 12.6. The fourth-order valence-corrected chi connectivity index (χ4v) is 4.30. The number of amides is 1. The van der Waals surface area contributed by atoms with E-state index in [-0.39, 0.29) is 40.6 Å². The van der Waals surface area contributed by atoms with Gasteiger partial charge in [-0.1, -0.05) is 16.8 Å². The lowest BCUT2D eigenvalue weighted by atomic mass is 9.95. The third-order valence-electron chi connectivity index (χ3n) is 4.95. The van der Waals surface area contributed by atoms with Gasteiger partial charge in [0.1, 0.15) is 0 Å². The molecule has 9 nitrogen and oxygen atoms in total. The van der Waals surface area contributed by atoms with Crippen LogP contribution in [0.15, 0.2) is 27.6 Å². The average Bonchev–Trinajstić information content (AvgIpc) is 3.36. The molecule has 11 heteroatoms. The molecule has 1 saturated heterocycles. The quantitative estimate of drug-likeness (QED) is 0.652. The van der Waals surface area contributed by atoms with Crippen molar-refractivity contribution >= 4 is 27.3 Å². The van der Waals surface area contributed by atoms with Crippen LogP contribution in [0.1, 0.15) is 31.1 Å². The summed E-state index contributed by atoms with van der Waals surface area (Å²) in [4.78, 5) is 18.7. The Hall–Kier alpha value is -2.01. The number of likely N-dealkylation sites (tertiary alicyclic amines) is 1. The summed E-state index contributed by atoms with van der Waals surface area (Å²) in [5, 5.41) is 13.5. The summed E-state index contributed by atoms with van der Waals surface area (Å²) in [6.07, 6.45) is 3.15.